The number of amides is 2. The smallest absolute Gasteiger partial charge is 0.262 e. The van der Waals surface area contributed by atoms with Crippen molar-refractivity contribution in [3.8, 4) is 0 Å². The van der Waals surface area contributed by atoms with Crippen molar-refractivity contribution in [2.24, 2.45) is 0 Å². The Morgan fingerprint density at radius 2 is 1.73 bits per heavy atom. The number of aliphatic hydroxyl groups excluding tert-OH is 1. The summed E-state index contributed by atoms with van der Waals surface area (Å²) in [4.78, 5) is 42.9. The number of Topliss-reactive ketones (excluding diaryl/α,β-unsaturated/α-hetero) is 1. The highest BCUT2D eigenvalue weighted by molar-refractivity contribution is 6.23. The number of carbonyl (C=O) groups excluding carboxylic acids is 3. The van der Waals surface area contributed by atoms with Crippen LogP contribution in [0.15, 0.2) is 55.3 Å². The van der Waals surface area contributed by atoms with Crippen molar-refractivity contribution in [1.29, 1.82) is 0 Å². The van der Waals surface area contributed by atoms with Crippen LogP contribution in [-0.4, -0.2) is 43.7 Å². The van der Waals surface area contributed by atoms with Crippen molar-refractivity contribution < 1.29 is 24.6 Å². The van der Waals surface area contributed by atoms with Gasteiger partial charge in [-0.1, -0.05) is 18.2 Å². The minimum atomic E-state index is -1.75. The average Bonchev–Trinajstić information content (AvgIpc) is 2.90. The van der Waals surface area contributed by atoms with Crippen molar-refractivity contribution >= 4 is 17.6 Å². The van der Waals surface area contributed by atoms with E-state index in [1.165, 1.54) is 24.4 Å². The van der Waals surface area contributed by atoms with E-state index in [-0.39, 0.29) is 28.8 Å². The van der Waals surface area contributed by atoms with E-state index in [9.17, 15) is 14.4 Å². The standard InChI is InChI=1S/C19H16N2O5/c1-2-5-15(16(22)11-8-9-14(19(25)26)20-10-11)21-17(23)12-6-3-4-7-13(12)18(21)24/h2-4,6-10,15,19,25-26H,1,5H2/t15-/m0/s1. The van der Waals surface area contributed by atoms with Crippen molar-refractivity contribution in [1.82, 2.24) is 9.88 Å². The largest absolute Gasteiger partial charge is 0.363 e. The Morgan fingerprint density at radius 1 is 1.12 bits per heavy atom. The summed E-state index contributed by atoms with van der Waals surface area (Å²) in [7, 11) is 0. The summed E-state index contributed by atoms with van der Waals surface area (Å²) in [5, 5.41) is 18.2. The maximum atomic E-state index is 12.9. The van der Waals surface area contributed by atoms with E-state index >= 15 is 0 Å². The molecule has 1 aromatic carbocycles. The van der Waals surface area contributed by atoms with Gasteiger partial charge >= 0.3 is 0 Å². The maximum Gasteiger partial charge on any atom is 0.262 e. The Hall–Kier alpha value is -3.16. The quantitative estimate of drug-likeness (QED) is 0.353. The first-order valence-electron chi connectivity index (χ1n) is 7.89. The summed E-state index contributed by atoms with van der Waals surface area (Å²) in [6, 6.07) is 8.02. The van der Waals surface area contributed by atoms with Crippen LogP contribution in [0.1, 0.15) is 49.5 Å². The third-order valence-corrected chi connectivity index (χ3v) is 4.17. The Kier molecular flexibility index (Phi) is 4.75. The number of imide groups is 1. The Morgan fingerprint density at radius 3 is 2.19 bits per heavy atom. The van der Waals surface area contributed by atoms with Crippen molar-refractivity contribution in [3.63, 3.8) is 0 Å². The van der Waals surface area contributed by atoms with Crippen LogP contribution in [0.3, 0.4) is 0 Å². The fourth-order valence-corrected chi connectivity index (χ4v) is 2.87. The summed E-state index contributed by atoms with van der Waals surface area (Å²) >= 11 is 0. The number of aromatic nitrogens is 1. The van der Waals surface area contributed by atoms with Gasteiger partial charge in [0.1, 0.15) is 6.04 Å². The van der Waals surface area contributed by atoms with Gasteiger partial charge in [-0.05, 0) is 30.7 Å². The molecule has 1 aromatic heterocycles. The third kappa shape index (κ3) is 2.94. The third-order valence-electron chi connectivity index (χ3n) is 4.17. The van der Waals surface area contributed by atoms with Gasteiger partial charge in [-0.15, -0.1) is 6.58 Å². The number of aliphatic hydroxyl groups is 2. The number of pyridine rings is 1. The topological polar surface area (TPSA) is 108 Å². The van der Waals surface area contributed by atoms with E-state index in [4.69, 9.17) is 10.2 Å². The van der Waals surface area contributed by atoms with Crippen molar-refractivity contribution in [2.45, 2.75) is 18.8 Å². The molecular weight excluding hydrogens is 336 g/mol. The minimum absolute atomic E-state index is 0.0115. The molecule has 3 rings (SSSR count). The zero-order valence-corrected chi connectivity index (χ0v) is 13.7. The summed E-state index contributed by atoms with van der Waals surface area (Å²) in [5.41, 5.74) is 0.660. The number of hydrogen-bond donors (Lipinski definition) is 2. The molecule has 132 valence electrons. The molecule has 0 fully saturated rings. The number of nitrogens with zero attached hydrogens (tertiary/aromatic N) is 2. The fraction of sp³-hybridized carbons (Fsp3) is 0.158. The molecule has 0 spiro atoms. The van der Waals surface area contributed by atoms with Gasteiger partial charge in [0.25, 0.3) is 11.8 Å². The number of fused-ring (bicyclic) bond motifs is 1. The van der Waals surface area contributed by atoms with E-state index < -0.39 is 29.9 Å². The Balaban J connectivity index is 1.95. The molecule has 0 aliphatic carbocycles. The minimum Gasteiger partial charge on any atom is -0.363 e. The van der Waals surface area contributed by atoms with Gasteiger partial charge in [-0.3, -0.25) is 24.3 Å². The number of rotatable bonds is 6. The molecule has 7 nitrogen and oxygen atoms in total. The van der Waals surface area contributed by atoms with Gasteiger partial charge in [0, 0.05) is 11.8 Å². The van der Waals surface area contributed by atoms with Crippen LogP contribution in [-0.2, 0) is 0 Å². The fourth-order valence-electron chi connectivity index (χ4n) is 2.87. The van der Waals surface area contributed by atoms with Crippen molar-refractivity contribution in [3.05, 3.63) is 77.6 Å². The molecule has 2 amide bonds. The molecule has 2 N–H and O–H groups in total. The molecule has 0 bridgehead atoms. The second kappa shape index (κ2) is 6.99. The molecule has 7 heteroatoms. The predicted octanol–water partition coefficient (Wildman–Crippen LogP) is 1.49. The van der Waals surface area contributed by atoms with Crippen molar-refractivity contribution in [2.75, 3.05) is 0 Å². The zero-order chi connectivity index (χ0) is 18.8. The van der Waals surface area contributed by atoms with E-state index in [1.807, 2.05) is 0 Å². The number of hydrogen-bond acceptors (Lipinski definition) is 6. The molecule has 0 saturated heterocycles. The van der Waals surface area contributed by atoms with Gasteiger partial charge in [0.15, 0.2) is 12.1 Å². The lowest BCUT2D eigenvalue weighted by Crippen LogP contribution is -2.44. The summed E-state index contributed by atoms with van der Waals surface area (Å²) in [6.45, 7) is 3.60. The molecule has 1 atom stereocenters. The highest BCUT2D eigenvalue weighted by Crippen LogP contribution is 2.27. The Bertz CT molecular complexity index is 854. The molecule has 26 heavy (non-hydrogen) atoms. The molecule has 2 heterocycles. The molecule has 0 radical (unpaired) electrons. The molecule has 1 aliphatic rings. The first-order chi connectivity index (χ1) is 12.5. The van der Waals surface area contributed by atoms with Crippen LogP contribution in [0.25, 0.3) is 0 Å². The first kappa shape index (κ1) is 17.7. The van der Waals surface area contributed by atoms with Crippen LogP contribution < -0.4 is 0 Å². The van der Waals surface area contributed by atoms with Gasteiger partial charge in [-0.2, -0.15) is 0 Å². The van der Waals surface area contributed by atoms with E-state index in [2.05, 4.69) is 11.6 Å². The van der Waals surface area contributed by atoms with Crippen LogP contribution in [0, 0.1) is 0 Å². The lowest BCUT2D eigenvalue weighted by molar-refractivity contribution is -0.0458. The zero-order valence-electron chi connectivity index (χ0n) is 13.7. The van der Waals surface area contributed by atoms with Gasteiger partial charge in [-0.25, -0.2) is 0 Å². The van der Waals surface area contributed by atoms with Crippen LogP contribution >= 0.6 is 0 Å². The number of ketones is 1. The highest BCUT2D eigenvalue weighted by Gasteiger charge is 2.42. The normalized spacial score (nSPS) is 14.5. The highest BCUT2D eigenvalue weighted by atomic mass is 16.5. The van der Waals surface area contributed by atoms with Gasteiger partial charge in [0.2, 0.25) is 0 Å². The second-order valence-corrected chi connectivity index (χ2v) is 5.78. The lowest BCUT2D eigenvalue weighted by Gasteiger charge is -2.24. The van der Waals surface area contributed by atoms with Gasteiger partial charge in [0.05, 0.1) is 16.8 Å². The lowest BCUT2D eigenvalue weighted by atomic mass is 10.0. The summed E-state index contributed by atoms with van der Waals surface area (Å²) in [6.07, 6.45) is 0.991. The molecular formula is C19H16N2O5. The summed E-state index contributed by atoms with van der Waals surface area (Å²) in [5.74, 6) is -1.53. The molecule has 1 aliphatic heterocycles. The predicted molar refractivity (Wildman–Crippen MR) is 91.3 cm³/mol. The van der Waals surface area contributed by atoms with E-state index in [0.29, 0.717) is 0 Å². The van der Waals surface area contributed by atoms with E-state index in [0.717, 1.165) is 4.90 Å². The van der Waals surface area contributed by atoms with Gasteiger partial charge < -0.3 is 10.2 Å². The summed E-state index contributed by atoms with van der Waals surface area (Å²) < 4.78 is 0. The van der Waals surface area contributed by atoms with Crippen LogP contribution in [0.4, 0.5) is 0 Å². The second-order valence-electron chi connectivity index (χ2n) is 5.78. The maximum absolute atomic E-state index is 12.9. The average molecular weight is 352 g/mol. The Labute approximate surface area is 149 Å². The number of carbonyl (C=O) groups is 3. The van der Waals surface area contributed by atoms with E-state index in [1.54, 1.807) is 24.3 Å². The monoisotopic (exact) mass is 352 g/mol. The first-order valence-corrected chi connectivity index (χ1v) is 7.89. The van der Waals surface area contributed by atoms with Crippen LogP contribution in [0.5, 0.6) is 0 Å². The SMILES string of the molecule is C=CC[C@@H](C(=O)c1ccc(C(O)O)nc1)N1C(=O)c2ccccc2C1=O. The number of benzene rings is 1. The molecule has 2 aromatic rings. The van der Waals surface area contributed by atoms with Crippen LogP contribution in [0.2, 0.25) is 0 Å². The molecule has 0 unspecified atom stereocenters. The molecule has 0 saturated carbocycles.